The molecular formula is C16H22O5. The highest BCUT2D eigenvalue weighted by Crippen LogP contribution is 2.13. The minimum atomic E-state index is -1.06. The van der Waals surface area contributed by atoms with E-state index in [1.807, 2.05) is 30.3 Å². The number of rotatable bonds is 7. The van der Waals surface area contributed by atoms with Gasteiger partial charge in [-0.05, 0) is 26.3 Å². The fourth-order valence-corrected chi connectivity index (χ4v) is 1.70. The number of aliphatic carboxylic acids is 1. The van der Waals surface area contributed by atoms with Gasteiger partial charge in [0.25, 0.3) is 0 Å². The summed E-state index contributed by atoms with van der Waals surface area (Å²) in [6.07, 6.45) is -0.193. The third-order valence-electron chi connectivity index (χ3n) is 2.61. The van der Waals surface area contributed by atoms with Crippen LogP contribution in [0.3, 0.4) is 0 Å². The smallest absolute Gasteiger partial charge is 0.309 e. The highest BCUT2D eigenvalue weighted by Gasteiger charge is 2.25. The maximum Gasteiger partial charge on any atom is 0.309 e. The number of ether oxygens (including phenoxy) is 2. The van der Waals surface area contributed by atoms with E-state index in [9.17, 15) is 9.59 Å². The molecule has 1 aromatic rings. The summed E-state index contributed by atoms with van der Waals surface area (Å²) in [6.45, 7) is 5.52. The van der Waals surface area contributed by atoms with E-state index >= 15 is 0 Å². The Morgan fingerprint density at radius 2 is 1.81 bits per heavy atom. The Labute approximate surface area is 124 Å². The Hall–Kier alpha value is -1.88. The van der Waals surface area contributed by atoms with Crippen molar-refractivity contribution in [3.63, 3.8) is 0 Å². The van der Waals surface area contributed by atoms with Crippen molar-refractivity contribution in [3.8, 4) is 0 Å². The normalized spacial score (nSPS) is 12.7. The average Bonchev–Trinajstić information content (AvgIpc) is 2.36. The number of hydrogen-bond acceptors (Lipinski definition) is 4. The van der Waals surface area contributed by atoms with Gasteiger partial charge >= 0.3 is 11.9 Å². The van der Waals surface area contributed by atoms with Crippen LogP contribution in [0.15, 0.2) is 30.3 Å². The molecule has 1 rings (SSSR count). The van der Waals surface area contributed by atoms with Gasteiger partial charge in [-0.3, -0.25) is 9.59 Å². The van der Waals surface area contributed by atoms with E-state index in [4.69, 9.17) is 14.6 Å². The molecule has 0 heterocycles. The summed E-state index contributed by atoms with van der Waals surface area (Å²) in [5, 5.41) is 9.13. The minimum absolute atomic E-state index is 0.0243. The Morgan fingerprint density at radius 3 is 2.33 bits per heavy atom. The standard InChI is InChI=1S/C16H22O5/c1-16(2,3)21-14(17)9-13(15(18)19)11-20-10-12-7-5-4-6-8-12/h4-8,13H,9-11H2,1-3H3,(H,18,19)/t13-/m1/s1. The Bertz CT molecular complexity index is 461. The summed E-state index contributed by atoms with van der Waals surface area (Å²) < 4.78 is 10.5. The van der Waals surface area contributed by atoms with Crippen molar-refractivity contribution in [2.45, 2.75) is 39.4 Å². The number of esters is 1. The van der Waals surface area contributed by atoms with Gasteiger partial charge in [0, 0.05) is 0 Å². The molecule has 0 aliphatic rings. The van der Waals surface area contributed by atoms with Crippen LogP contribution in [0.2, 0.25) is 0 Å². The van der Waals surface area contributed by atoms with Gasteiger partial charge < -0.3 is 14.6 Å². The van der Waals surface area contributed by atoms with Gasteiger partial charge in [0.1, 0.15) is 5.60 Å². The molecule has 0 aliphatic heterocycles. The average molecular weight is 294 g/mol. The molecule has 0 bridgehead atoms. The molecule has 0 aromatic heterocycles. The van der Waals surface area contributed by atoms with Crippen LogP contribution in [0.1, 0.15) is 32.8 Å². The van der Waals surface area contributed by atoms with Crippen LogP contribution in [-0.2, 0) is 25.7 Å². The van der Waals surface area contributed by atoms with Crippen molar-refractivity contribution in [2.24, 2.45) is 5.92 Å². The lowest BCUT2D eigenvalue weighted by Gasteiger charge is -2.21. The molecule has 1 aromatic carbocycles. The highest BCUT2D eigenvalue weighted by molar-refractivity contribution is 5.79. The lowest BCUT2D eigenvalue weighted by atomic mass is 10.1. The number of hydrogen-bond donors (Lipinski definition) is 1. The highest BCUT2D eigenvalue weighted by atomic mass is 16.6. The third-order valence-corrected chi connectivity index (χ3v) is 2.61. The molecule has 0 saturated carbocycles. The van der Waals surface area contributed by atoms with E-state index in [-0.39, 0.29) is 13.0 Å². The van der Waals surface area contributed by atoms with Crippen LogP contribution in [0.4, 0.5) is 0 Å². The lowest BCUT2D eigenvalue weighted by molar-refractivity contribution is -0.161. The van der Waals surface area contributed by atoms with Crippen molar-refractivity contribution in [1.29, 1.82) is 0 Å². The molecule has 5 heteroatoms. The molecule has 0 unspecified atom stereocenters. The molecule has 0 spiro atoms. The molecule has 0 saturated heterocycles. The fraction of sp³-hybridized carbons (Fsp3) is 0.500. The minimum Gasteiger partial charge on any atom is -0.481 e. The second kappa shape index (κ2) is 7.78. The van der Waals surface area contributed by atoms with Crippen molar-refractivity contribution < 1.29 is 24.2 Å². The first kappa shape index (κ1) is 17.2. The summed E-state index contributed by atoms with van der Waals surface area (Å²) in [5.74, 6) is -2.49. The first-order valence-electron chi connectivity index (χ1n) is 6.84. The maximum atomic E-state index is 11.7. The third kappa shape index (κ3) is 7.46. The quantitative estimate of drug-likeness (QED) is 0.783. The molecule has 116 valence electrons. The van der Waals surface area contributed by atoms with Crippen LogP contribution < -0.4 is 0 Å². The van der Waals surface area contributed by atoms with Gasteiger partial charge in [-0.15, -0.1) is 0 Å². The van der Waals surface area contributed by atoms with E-state index in [0.717, 1.165) is 5.56 Å². The second-order valence-electron chi connectivity index (χ2n) is 5.83. The molecule has 1 N–H and O–H groups in total. The van der Waals surface area contributed by atoms with Crippen LogP contribution in [0.25, 0.3) is 0 Å². The maximum absolute atomic E-state index is 11.7. The van der Waals surface area contributed by atoms with E-state index in [1.54, 1.807) is 20.8 Å². The first-order chi connectivity index (χ1) is 9.78. The summed E-state index contributed by atoms with van der Waals surface area (Å²) in [5.41, 5.74) is 0.337. The number of carboxylic acid groups (broad SMARTS) is 1. The zero-order chi connectivity index (χ0) is 15.9. The largest absolute Gasteiger partial charge is 0.481 e. The molecule has 1 atom stereocenters. The van der Waals surface area contributed by atoms with E-state index in [2.05, 4.69) is 0 Å². The van der Waals surface area contributed by atoms with Crippen LogP contribution in [0.5, 0.6) is 0 Å². The summed E-state index contributed by atoms with van der Waals surface area (Å²) in [6, 6.07) is 9.45. The fourth-order valence-electron chi connectivity index (χ4n) is 1.70. The van der Waals surface area contributed by atoms with Crippen molar-refractivity contribution in [1.82, 2.24) is 0 Å². The summed E-state index contributed by atoms with van der Waals surface area (Å²) in [4.78, 5) is 22.8. The Morgan fingerprint density at radius 1 is 1.19 bits per heavy atom. The van der Waals surface area contributed by atoms with Gasteiger partial charge in [0.15, 0.2) is 0 Å². The first-order valence-corrected chi connectivity index (χ1v) is 6.84. The van der Waals surface area contributed by atoms with Crippen molar-refractivity contribution in [2.75, 3.05) is 6.61 Å². The SMILES string of the molecule is CC(C)(C)OC(=O)C[C@H](COCc1ccccc1)C(=O)O. The molecule has 0 radical (unpaired) electrons. The zero-order valence-corrected chi connectivity index (χ0v) is 12.7. The van der Waals surface area contributed by atoms with Gasteiger partial charge in [-0.25, -0.2) is 0 Å². The number of carbonyl (C=O) groups excluding carboxylic acids is 1. The lowest BCUT2D eigenvalue weighted by Crippen LogP contribution is -2.29. The van der Waals surface area contributed by atoms with Crippen molar-refractivity contribution in [3.05, 3.63) is 35.9 Å². The number of carboxylic acids is 1. The predicted octanol–water partition coefficient (Wildman–Crippen LogP) is 2.64. The molecule has 5 nitrogen and oxygen atoms in total. The topological polar surface area (TPSA) is 72.8 Å². The van der Waals surface area contributed by atoms with Gasteiger partial charge in [-0.2, -0.15) is 0 Å². The van der Waals surface area contributed by atoms with Gasteiger partial charge in [0.05, 0.1) is 25.6 Å². The van der Waals surface area contributed by atoms with Crippen molar-refractivity contribution >= 4 is 11.9 Å². The number of benzene rings is 1. The van der Waals surface area contributed by atoms with Gasteiger partial charge in [-0.1, -0.05) is 30.3 Å². The summed E-state index contributed by atoms with van der Waals surface area (Å²) >= 11 is 0. The predicted molar refractivity (Wildman–Crippen MR) is 77.7 cm³/mol. The molecular weight excluding hydrogens is 272 g/mol. The van der Waals surface area contributed by atoms with E-state index < -0.39 is 23.5 Å². The Balaban J connectivity index is 2.43. The second-order valence-corrected chi connectivity index (χ2v) is 5.83. The summed E-state index contributed by atoms with van der Waals surface area (Å²) in [7, 11) is 0. The molecule has 0 aliphatic carbocycles. The van der Waals surface area contributed by atoms with Gasteiger partial charge in [0.2, 0.25) is 0 Å². The van der Waals surface area contributed by atoms with Crippen LogP contribution >= 0.6 is 0 Å². The van der Waals surface area contributed by atoms with Crippen LogP contribution in [-0.4, -0.2) is 29.3 Å². The monoisotopic (exact) mass is 294 g/mol. The van der Waals surface area contributed by atoms with Crippen LogP contribution in [0, 0.1) is 5.92 Å². The van der Waals surface area contributed by atoms with E-state index in [0.29, 0.717) is 6.61 Å². The zero-order valence-electron chi connectivity index (χ0n) is 12.7. The number of carbonyl (C=O) groups is 2. The molecule has 0 amide bonds. The van der Waals surface area contributed by atoms with E-state index in [1.165, 1.54) is 0 Å². The Kier molecular flexibility index (Phi) is 6.37. The molecule has 0 fully saturated rings. The molecule has 21 heavy (non-hydrogen) atoms.